The van der Waals surface area contributed by atoms with E-state index in [1.54, 1.807) is 17.0 Å². The van der Waals surface area contributed by atoms with Crippen molar-refractivity contribution in [2.45, 2.75) is 25.9 Å². The number of para-hydroxylation sites is 2. The Morgan fingerprint density at radius 3 is 2.44 bits per heavy atom. The van der Waals surface area contributed by atoms with E-state index < -0.39 is 0 Å². The van der Waals surface area contributed by atoms with Crippen LogP contribution in [0.2, 0.25) is 0 Å². The van der Waals surface area contributed by atoms with Gasteiger partial charge in [0.05, 0.1) is 17.6 Å². The maximum absolute atomic E-state index is 13.5. The van der Waals surface area contributed by atoms with Crippen LogP contribution in [0.25, 0.3) is 11.0 Å². The predicted octanol–water partition coefficient (Wildman–Crippen LogP) is 3.37. The van der Waals surface area contributed by atoms with Crippen molar-refractivity contribution in [2.24, 2.45) is 5.92 Å². The first-order chi connectivity index (χ1) is 16.7. The minimum Gasteiger partial charge on any atom is -0.352 e. The van der Waals surface area contributed by atoms with Crippen molar-refractivity contribution in [1.82, 2.24) is 19.9 Å². The second-order valence-electron chi connectivity index (χ2n) is 8.64. The molecular weight excluding hydrogens is 426 g/mol. The fraction of sp³-hybridized carbons (Fsp3) is 0.259. The van der Waals surface area contributed by atoms with Crippen LogP contribution in [0, 0.1) is 5.92 Å². The van der Waals surface area contributed by atoms with Crippen molar-refractivity contribution in [2.75, 3.05) is 18.0 Å². The molecule has 0 radical (unpaired) electrons. The van der Waals surface area contributed by atoms with E-state index in [9.17, 15) is 9.59 Å². The Bertz CT molecular complexity index is 1330. The lowest BCUT2D eigenvalue weighted by atomic mass is 9.96. The van der Waals surface area contributed by atoms with Gasteiger partial charge >= 0.3 is 0 Å². The molecule has 1 N–H and O–H groups in total. The molecule has 7 nitrogen and oxygen atoms in total. The van der Waals surface area contributed by atoms with E-state index in [2.05, 4.69) is 10.3 Å². The Kier molecular flexibility index (Phi) is 6.33. The molecule has 1 saturated heterocycles. The van der Waals surface area contributed by atoms with Crippen molar-refractivity contribution in [3.63, 3.8) is 0 Å². The van der Waals surface area contributed by atoms with E-state index in [-0.39, 0.29) is 17.4 Å². The van der Waals surface area contributed by atoms with Crippen LogP contribution in [0.5, 0.6) is 0 Å². The number of hydrogen-bond acceptors (Lipinski definition) is 5. The van der Waals surface area contributed by atoms with Gasteiger partial charge in [0.15, 0.2) is 5.82 Å². The van der Waals surface area contributed by atoms with Crippen LogP contribution < -0.4 is 15.8 Å². The van der Waals surface area contributed by atoms with Crippen LogP contribution in [0.1, 0.15) is 24.0 Å². The van der Waals surface area contributed by atoms with Crippen molar-refractivity contribution < 1.29 is 4.79 Å². The molecule has 0 aliphatic carbocycles. The summed E-state index contributed by atoms with van der Waals surface area (Å²) in [6.45, 7) is 2.21. The third kappa shape index (κ3) is 4.69. The summed E-state index contributed by atoms with van der Waals surface area (Å²) in [6.07, 6.45) is 4.85. The number of rotatable bonds is 6. The maximum Gasteiger partial charge on any atom is 0.294 e. The average molecular weight is 454 g/mol. The van der Waals surface area contributed by atoms with Gasteiger partial charge in [0.25, 0.3) is 5.56 Å². The van der Waals surface area contributed by atoms with Gasteiger partial charge in [-0.1, -0.05) is 48.5 Å². The van der Waals surface area contributed by atoms with Crippen LogP contribution in [0.4, 0.5) is 5.82 Å². The van der Waals surface area contributed by atoms with Gasteiger partial charge in [0, 0.05) is 37.9 Å². The van der Waals surface area contributed by atoms with Crippen LogP contribution in [0.3, 0.4) is 0 Å². The fourth-order valence-corrected chi connectivity index (χ4v) is 4.50. The molecule has 5 rings (SSSR count). The van der Waals surface area contributed by atoms with Gasteiger partial charge in [0.1, 0.15) is 0 Å². The summed E-state index contributed by atoms with van der Waals surface area (Å²) in [5, 5.41) is 3.02. The van der Waals surface area contributed by atoms with Gasteiger partial charge in [-0.2, -0.15) is 0 Å². The number of nitrogens with one attached hydrogen (secondary N) is 1. The Hall–Kier alpha value is -4.00. The first kappa shape index (κ1) is 21.8. The number of carbonyl (C=O) groups is 1. The lowest BCUT2D eigenvalue weighted by molar-refractivity contribution is -0.125. The predicted molar refractivity (Wildman–Crippen MR) is 133 cm³/mol. The van der Waals surface area contributed by atoms with Crippen LogP contribution in [-0.4, -0.2) is 33.5 Å². The van der Waals surface area contributed by atoms with Gasteiger partial charge in [-0.25, -0.2) is 4.98 Å². The topological polar surface area (TPSA) is 80.1 Å². The quantitative estimate of drug-likeness (QED) is 0.484. The number of benzene rings is 2. The minimum absolute atomic E-state index is 0.0523. The fourth-order valence-electron chi connectivity index (χ4n) is 4.50. The molecule has 0 spiro atoms. The van der Waals surface area contributed by atoms with E-state index in [1.165, 1.54) is 0 Å². The summed E-state index contributed by atoms with van der Waals surface area (Å²) in [7, 11) is 0. The molecule has 1 fully saturated rings. The molecule has 0 bridgehead atoms. The van der Waals surface area contributed by atoms with Crippen molar-refractivity contribution in [1.29, 1.82) is 0 Å². The average Bonchev–Trinajstić information content (AvgIpc) is 2.90. The summed E-state index contributed by atoms with van der Waals surface area (Å²) in [5.41, 5.74) is 3.57. The summed E-state index contributed by atoms with van der Waals surface area (Å²) < 4.78 is 1.81. The lowest BCUT2D eigenvalue weighted by Crippen LogP contribution is -2.43. The van der Waals surface area contributed by atoms with Crippen LogP contribution in [-0.2, 0) is 17.9 Å². The number of amides is 1. The van der Waals surface area contributed by atoms with E-state index in [4.69, 9.17) is 4.98 Å². The Morgan fingerprint density at radius 1 is 0.941 bits per heavy atom. The molecule has 2 aromatic heterocycles. The molecule has 0 atom stereocenters. The lowest BCUT2D eigenvalue weighted by Gasteiger charge is -2.32. The van der Waals surface area contributed by atoms with E-state index in [1.807, 2.05) is 71.6 Å². The number of carbonyl (C=O) groups excluding carboxylic acids is 1. The Labute approximate surface area is 198 Å². The molecule has 1 aliphatic rings. The standard InChI is InChI=1S/C27H27N5O2/c33-26(29-18-21-9-6-14-28-17-21)22-12-15-31(16-13-22)25-27(34)32(19-20-7-2-1-3-8-20)24-11-5-4-10-23(24)30-25/h1-11,14,17,22H,12-13,15-16,18-19H2,(H,29,33). The van der Waals surface area contributed by atoms with Gasteiger partial charge in [0.2, 0.25) is 5.91 Å². The highest BCUT2D eigenvalue weighted by Crippen LogP contribution is 2.22. The largest absolute Gasteiger partial charge is 0.352 e. The molecule has 0 saturated carbocycles. The number of piperidine rings is 1. The first-order valence-corrected chi connectivity index (χ1v) is 11.6. The van der Waals surface area contributed by atoms with Crippen molar-refractivity contribution in [3.05, 3.63) is 101 Å². The molecule has 34 heavy (non-hydrogen) atoms. The molecule has 4 aromatic rings. The summed E-state index contributed by atoms with van der Waals surface area (Å²) >= 11 is 0. The summed E-state index contributed by atoms with van der Waals surface area (Å²) in [4.78, 5) is 37.1. The monoisotopic (exact) mass is 453 g/mol. The van der Waals surface area contributed by atoms with Gasteiger partial charge in [-0.05, 0) is 42.2 Å². The molecule has 2 aromatic carbocycles. The highest BCUT2D eigenvalue weighted by Gasteiger charge is 2.27. The normalized spacial score (nSPS) is 14.3. The SMILES string of the molecule is O=C(NCc1cccnc1)C1CCN(c2nc3ccccc3n(Cc3ccccc3)c2=O)CC1. The number of pyridine rings is 1. The van der Waals surface area contributed by atoms with Gasteiger partial charge < -0.3 is 10.2 Å². The van der Waals surface area contributed by atoms with E-state index in [0.717, 1.165) is 22.2 Å². The molecule has 0 unspecified atom stereocenters. The van der Waals surface area contributed by atoms with Crippen LogP contribution in [0.15, 0.2) is 83.9 Å². The molecule has 1 amide bonds. The number of fused-ring (bicyclic) bond motifs is 1. The second kappa shape index (κ2) is 9.87. The van der Waals surface area contributed by atoms with Gasteiger partial charge in [-0.3, -0.25) is 19.1 Å². The van der Waals surface area contributed by atoms with Crippen molar-refractivity contribution in [3.8, 4) is 0 Å². The Balaban J connectivity index is 1.32. The molecule has 7 heteroatoms. The number of nitrogens with zero attached hydrogens (tertiary/aromatic N) is 4. The van der Waals surface area contributed by atoms with E-state index >= 15 is 0 Å². The number of aromatic nitrogens is 3. The van der Waals surface area contributed by atoms with Crippen LogP contribution >= 0.6 is 0 Å². The van der Waals surface area contributed by atoms with Gasteiger partial charge in [-0.15, -0.1) is 0 Å². The molecule has 1 aliphatic heterocycles. The number of hydrogen-bond donors (Lipinski definition) is 1. The Morgan fingerprint density at radius 2 is 1.68 bits per heavy atom. The molecule has 172 valence electrons. The number of anilines is 1. The maximum atomic E-state index is 13.5. The zero-order chi connectivity index (χ0) is 23.3. The summed E-state index contributed by atoms with van der Waals surface area (Å²) in [6, 6.07) is 21.5. The highest BCUT2D eigenvalue weighted by atomic mass is 16.2. The second-order valence-corrected chi connectivity index (χ2v) is 8.64. The molecular formula is C27H27N5O2. The van der Waals surface area contributed by atoms with Crippen molar-refractivity contribution >= 4 is 22.8 Å². The third-order valence-electron chi connectivity index (χ3n) is 6.37. The zero-order valence-electron chi connectivity index (χ0n) is 18.9. The van der Waals surface area contributed by atoms with E-state index in [0.29, 0.717) is 44.8 Å². The minimum atomic E-state index is -0.0953. The molecule has 3 heterocycles. The zero-order valence-corrected chi connectivity index (χ0v) is 18.9. The first-order valence-electron chi connectivity index (χ1n) is 11.6. The highest BCUT2D eigenvalue weighted by molar-refractivity contribution is 5.79. The summed E-state index contributed by atoms with van der Waals surface area (Å²) in [5.74, 6) is 0.445. The third-order valence-corrected chi connectivity index (χ3v) is 6.37. The smallest absolute Gasteiger partial charge is 0.294 e.